The first-order valence-corrected chi connectivity index (χ1v) is 3.90. The van der Waals surface area contributed by atoms with Gasteiger partial charge < -0.3 is 13.2 Å². The van der Waals surface area contributed by atoms with Crippen molar-refractivity contribution in [1.29, 1.82) is 0 Å². The second-order valence-electron chi connectivity index (χ2n) is 2.05. The quantitative estimate of drug-likeness (QED) is 0.477. The van der Waals surface area contributed by atoms with Crippen molar-refractivity contribution in [2.45, 2.75) is 39.5 Å². The molecule has 0 radical (unpaired) electrons. The minimum atomic E-state index is 0. The molecule has 0 aliphatic rings. The zero-order valence-electron chi connectivity index (χ0n) is 7.45. The molecule has 0 rings (SSSR count). The van der Waals surface area contributed by atoms with Crippen LogP contribution in [0.1, 0.15) is 39.5 Å². The molecule has 0 atom stereocenters. The van der Waals surface area contributed by atoms with Gasteiger partial charge in [0.15, 0.2) is 0 Å². The van der Waals surface area contributed by atoms with Crippen LogP contribution in [-0.2, 0) is 16.5 Å². The third-order valence-corrected chi connectivity index (χ3v) is 0.911. The average Bonchev–Trinajstić information content (AvgIpc) is 1.93. The molecule has 0 N–H and O–H groups in total. The first-order valence-electron chi connectivity index (χ1n) is 3.90. The van der Waals surface area contributed by atoms with E-state index in [0.29, 0.717) is 0 Å². The van der Waals surface area contributed by atoms with E-state index < -0.39 is 0 Å². The van der Waals surface area contributed by atoms with Crippen molar-refractivity contribution >= 4 is 0 Å². The van der Waals surface area contributed by atoms with E-state index in [0.717, 1.165) is 25.7 Å². The Morgan fingerprint density at radius 1 is 0.909 bits per heavy atom. The molecule has 0 aromatic carbocycles. The molecule has 68 valence electrons. The summed E-state index contributed by atoms with van der Waals surface area (Å²) in [4.78, 5) is 0. The summed E-state index contributed by atoms with van der Waals surface area (Å²) in [5.74, 6) is 0. The number of hydrogen-bond acceptors (Lipinski definition) is 0. The Hall–Kier alpha value is -0.0265. The van der Waals surface area contributed by atoms with Gasteiger partial charge in [-0.1, -0.05) is 39.5 Å². The van der Waals surface area contributed by atoms with Crippen LogP contribution in [0.2, 0.25) is 0 Å². The molecule has 0 aliphatic carbocycles. The monoisotopic (exact) mass is 196 g/mol. The number of allylic oxidation sites excluding steroid dienone is 2. The summed E-state index contributed by atoms with van der Waals surface area (Å²) >= 11 is 0. The normalized spacial score (nSPS) is 6.73. The fourth-order valence-corrected chi connectivity index (χ4v) is 0.333. The summed E-state index contributed by atoms with van der Waals surface area (Å²) in [5, 5.41) is 0. The largest absolute Gasteiger partial charge is 2.00 e. The Bertz CT molecular complexity index is 57.3. The summed E-state index contributed by atoms with van der Waals surface area (Å²) in [6, 6.07) is 0. The zero-order valence-corrected chi connectivity index (χ0v) is 8.44. The van der Waals surface area contributed by atoms with Gasteiger partial charge in [-0.3, -0.25) is 12.2 Å². The Balaban J connectivity index is -0.000000107. The Morgan fingerprint density at radius 3 is 1.18 bits per heavy atom. The third-order valence-electron chi connectivity index (χ3n) is 0.911. The number of hydrogen-bond donors (Lipinski definition) is 0. The summed E-state index contributed by atoms with van der Waals surface area (Å²) in [6.45, 7) is 14.2. The maximum absolute atomic E-state index is 5.01. The van der Waals surface area contributed by atoms with E-state index in [1.165, 1.54) is 0 Å². The molecule has 0 heterocycles. The van der Waals surface area contributed by atoms with Gasteiger partial charge in [-0.25, -0.2) is 0 Å². The molecule has 1 heteroatoms. The van der Waals surface area contributed by atoms with E-state index in [2.05, 4.69) is 13.8 Å². The topological polar surface area (TPSA) is 0 Å². The minimum absolute atomic E-state index is 0. The molecule has 11 heavy (non-hydrogen) atoms. The van der Waals surface area contributed by atoms with Gasteiger partial charge in [0.1, 0.15) is 0 Å². The van der Waals surface area contributed by atoms with Crippen molar-refractivity contribution in [3.63, 3.8) is 0 Å². The van der Waals surface area contributed by atoms with Gasteiger partial charge in [-0.2, -0.15) is 0 Å². The molecule has 0 saturated carbocycles. The third kappa shape index (κ3) is 40.2. The molecule has 0 aromatic rings. The molecular weight excluding hydrogens is 179 g/mol. The van der Waals surface area contributed by atoms with Crippen molar-refractivity contribution in [3.05, 3.63) is 25.3 Å². The SMILES string of the molecule is [CH-]=CCCC.[CH-]=CCCC.[Ni+2]. The minimum Gasteiger partial charge on any atom is -0.518 e. The van der Waals surface area contributed by atoms with Gasteiger partial charge in [0, 0.05) is 0 Å². The van der Waals surface area contributed by atoms with Crippen LogP contribution in [0, 0.1) is 13.2 Å². The van der Waals surface area contributed by atoms with Crippen LogP contribution in [0.4, 0.5) is 0 Å². The van der Waals surface area contributed by atoms with E-state index in [1.807, 2.05) is 0 Å². The predicted octanol–water partition coefficient (Wildman–Crippen LogP) is 3.55. The van der Waals surface area contributed by atoms with Gasteiger partial charge in [-0.15, -0.1) is 0 Å². The molecule has 0 aromatic heterocycles. The predicted molar refractivity (Wildman–Crippen MR) is 47.6 cm³/mol. The van der Waals surface area contributed by atoms with Crippen LogP contribution in [0.15, 0.2) is 12.2 Å². The van der Waals surface area contributed by atoms with Crippen molar-refractivity contribution < 1.29 is 16.5 Å². The van der Waals surface area contributed by atoms with Crippen molar-refractivity contribution in [3.8, 4) is 0 Å². The van der Waals surface area contributed by atoms with E-state index in [4.69, 9.17) is 13.2 Å². The number of unbranched alkanes of at least 4 members (excludes halogenated alkanes) is 2. The summed E-state index contributed by atoms with van der Waals surface area (Å²) in [5.41, 5.74) is 0. The number of rotatable bonds is 4. The van der Waals surface area contributed by atoms with Gasteiger partial charge in [0.05, 0.1) is 0 Å². The molecule has 0 aliphatic heterocycles. The first-order chi connectivity index (χ1) is 4.83. The maximum atomic E-state index is 5.01. The fourth-order valence-electron chi connectivity index (χ4n) is 0.333. The molecule has 0 unspecified atom stereocenters. The van der Waals surface area contributed by atoms with Crippen molar-refractivity contribution in [2.75, 3.05) is 0 Å². The smallest absolute Gasteiger partial charge is 0.518 e. The van der Waals surface area contributed by atoms with Crippen molar-refractivity contribution in [1.82, 2.24) is 0 Å². The second-order valence-corrected chi connectivity index (χ2v) is 2.05. The van der Waals surface area contributed by atoms with E-state index in [-0.39, 0.29) is 16.5 Å². The van der Waals surface area contributed by atoms with Crippen molar-refractivity contribution in [2.24, 2.45) is 0 Å². The molecule has 0 spiro atoms. The van der Waals surface area contributed by atoms with Gasteiger partial charge in [0.2, 0.25) is 0 Å². The molecule has 0 bridgehead atoms. The molecular formula is C10H18Ni. The maximum Gasteiger partial charge on any atom is 2.00 e. The molecule has 0 nitrogen and oxygen atoms in total. The summed E-state index contributed by atoms with van der Waals surface area (Å²) in [6.07, 6.45) is 7.77. The van der Waals surface area contributed by atoms with Crippen LogP contribution in [0.25, 0.3) is 0 Å². The van der Waals surface area contributed by atoms with Crippen LogP contribution < -0.4 is 0 Å². The van der Waals surface area contributed by atoms with E-state index >= 15 is 0 Å². The first kappa shape index (κ1) is 17.2. The Kier molecular flexibility index (Phi) is 35.1. The summed E-state index contributed by atoms with van der Waals surface area (Å²) in [7, 11) is 0. The van der Waals surface area contributed by atoms with Gasteiger partial charge >= 0.3 is 16.5 Å². The average molecular weight is 197 g/mol. The molecule has 0 amide bonds. The van der Waals surface area contributed by atoms with Crippen LogP contribution in [0.5, 0.6) is 0 Å². The Labute approximate surface area is 81.7 Å². The van der Waals surface area contributed by atoms with Crippen LogP contribution in [-0.4, -0.2) is 0 Å². The molecule has 0 saturated heterocycles. The van der Waals surface area contributed by atoms with Crippen LogP contribution >= 0.6 is 0 Å². The van der Waals surface area contributed by atoms with Gasteiger partial charge in [-0.05, 0) is 0 Å². The van der Waals surface area contributed by atoms with E-state index in [1.54, 1.807) is 12.2 Å². The standard InChI is InChI=1S/2C5H9.Ni/c2*1-3-5-4-2;/h2*1,3H,4-5H2,2H3;/q2*-1;+2. The van der Waals surface area contributed by atoms with E-state index in [9.17, 15) is 0 Å². The molecule has 0 fully saturated rings. The van der Waals surface area contributed by atoms with Gasteiger partial charge in [0.25, 0.3) is 0 Å². The van der Waals surface area contributed by atoms with Crippen LogP contribution in [0.3, 0.4) is 0 Å². The zero-order chi connectivity index (χ0) is 8.24. The Morgan fingerprint density at radius 2 is 1.18 bits per heavy atom. The fraction of sp³-hybridized carbons (Fsp3) is 0.600. The second kappa shape index (κ2) is 22.5. The summed E-state index contributed by atoms with van der Waals surface area (Å²) < 4.78 is 0.